The largest absolute Gasteiger partial charge is 0.289 e. The van der Waals surface area contributed by atoms with Crippen LogP contribution in [0.1, 0.15) is 21.5 Å². The smallest absolute Gasteiger partial charge is 0.261 e. The van der Waals surface area contributed by atoms with Gasteiger partial charge in [-0.25, -0.2) is 12.8 Å². The SMILES string of the molecule is Cc1ccc(S(=O)(=O)Nc2ccc(C(=O)c3ccc(F)cc3)cc2)cc1. The van der Waals surface area contributed by atoms with Crippen molar-refractivity contribution < 1.29 is 17.6 Å². The molecule has 26 heavy (non-hydrogen) atoms. The Morgan fingerprint density at radius 1 is 0.808 bits per heavy atom. The fraction of sp³-hybridized carbons (Fsp3) is 0.0500. The number of ketones is 1. The molecule has 132 valence electrons. The molecule has 0 radical (unpaired) electrons. The quantitative estimate of drug-likeness (QED) is 0.687. The van der Waals surface area contributed by atoms with Crippen molar-refractivity contribution in [1.29, 1.82) is 0 Å². The van der Waals surface area contributed by atoms with E-state index in [-0.39, 0.29) is 10.7 Å². The summed E-state index contributed by atoms with van der Waals surface area (Å²) in [5, 5.41) is 0. The maximum Gasteiger partial charge on any atom is 0.261 e. The molecule has 0 amide bonds. The summed E-state index contributed by atoms with van der Waals surface area (Å²) in [5.74, 6) is -0.680. The highest BCUT2D eigenvalue weighted by Crippen LogP contribution is 2.18. The molecule has 0 aliphatic rings. The van der Waals surface area contributed by atoms with Crippen LogP contribution in [0.2, 0.25) is 0 Å². The maximum absolute atomic E-state index is 12.9. The number of anilines is 1. The minimum Gasteiger partial charge on any atom is -0.289 e. The van der Waals surface area contributed by atoms with E-state index in [0.29, 0.717) is 16.8 Å². The molecule has 3 aromatic carbocycles. The van der Waals surface area contributed by atoms with Crippen LogP contribution in [0.3, 0.4) is 0 Å². The highest BCUT2D eigenvalue weighted by molar-refractivity contribution is 7.92. The number of aryl methyl sites for hydroxylation is 1. The minimum atomic E-state index is -3.70. The van der Waals surface area contributed by atoms with Gasteiger partial charge in [0.1, 0.15) is 5.82 Å². The van der Waals surface area contributed by atoms with Gasteiger partial charge in [-0.3, -0.25) is 9.52 Å². The Bertz CT molecular complexity index is 1030. The number of nitrogens with one attached hydrogen (secondary N) is 1. The van der Waals surface area contributed by atoms with E-state index < -0.39 is 15.8 Å². The molecule has 0 aliphatic carbocycles. The average Bonchev–Trinajstić information content (AvgIpc) is 2.62. The van der Waals surface area contributed by atoms with Crippen LogP contribution >= 0.6 is 0 Å². The molecule has 0 saturated carbocycles. The Labute approximate surface area is 151 Å². The van der Waals surface area contributed by atoms with Crippen LogP contribution in [0.4, 0.5) is 10.1 Å². The molecule has 0 fully saturated rings. The van der Waals surface area contributed by atoms with Crippen molar-refractivity contribution in [2.24, 2.45) is 0 Å². The van der Waals surface area contributed by atoms with Crippen molar-refractivity contribution >= 4 is 21.5 Å². The molecule has 0 unspecified atom stereocenters. The molecule has 1 N–H and O–H groups in total. The van der Waals surface area contributed by atoms with Crippen molar-refractivity contribution in [3.05, 3.63) is 95.3 Å². The minimum absolute atomic E-state index is 0.162. The lowest BCUT2D eigenvalue weighted by molar-refractivity contribution is 0.103. The first-order valence-electron chi connectivity index (χ1n) is 7.85. The van der Waals surface area contributed by atoms with Crippen molar-refractivity contribution in [3.63, 3.8) is 0 Å². The third-order valence-electron chi connectivity index (χ3n) is 3.84. The fourth-order valence-corrected chi connectivity index (χ4v) is 3.45. The van der Waals surface area contributed by atoms with Gasteiger partial charge in [0, 0.05) is 16.8 Å². The first-order chi connectivity index (χ1) is 12.3. The molecular weight excluding hydrogens is 353 g/mol. The summed E-state index contributed by atoms with van der Waals surface area (Å²) in [7, 11) is -3.70. The molecule has 3 aromatic rings. The van der Waals surface area contributed by atoms with Gasteiger partial charge in [-0.1, -0.05) is 17.7 Å². The number of benzene rings is 3. The molecule has 0 aliphatic heterocycles. The van der Waals surface area contributed by atoms with E-state index >= 15 is 0 Å². The Kier molecular flexibility index (Phi) is 4.86. The summed E-state index contributed by atoms with van der Waals surface area (Å²) in [6, 6.07) is 17.8. The highest BCUT2D eigenvalue weighted by Gasteiger charge is 2.14. The van der Waals surface area contributed by atoms with Crippen LogP contribution in [-0.2, 0) is 10.0 Å². The van der Waals surface area contributed by atoms with Crippen LogP contribution in [0.5, 0.6) is 0 Å². The van der Waals surface area contributed by atoms with Gasteiger partial charge in [0.25, 0.3) is 10.0 Å². The lowest BCUT2D eigenvalue weighted by Crippen LogP contribution is -2.13. The van der Waals surface area contributed by atoms with Crippen molar-refractivity contribution in [2.75, 3.05) is 4.72 Å². The maximum atomic E-state index is 12.9. The molecule has 0 saturated heterocycles. The van der Waals surface area contributed by atoms with Crippen LogP contribution < -0.4 is 4.72 Å². The first kappa shape index (κ1) is 17.8. The first-order valence-corrected chi connectivity index (χ1v) is 9.33. The molecule has 4 nitrogen and oxygen atoms in total. The highest BCUT2D eigenvalue weighted by atomic mass is 32.2. The lowest BCUT2D eigenvalue weighted by atomic mass is 10.0. The van der Waals surface area contributed by atoms with Crippen molar-refractivity contribution in [1.82, 2.24) is 0 Å². The van der Waals surface area contributed by atoms with Crippen LogP contribution in [0.15, 0.2) is 77.7 Å². The number of rotatable bonds is 5. The van der Waals surface area contributed by atoms with E-state index in [0.717, 1.165) is 5.56 Å². The molecule has 6 heteroatoms. The second kappa shape index (κ2) is 7.09. The van der Waals surface area contributed by atoms with E-state index in [2.05, 4.69) is 4.72 Å². The van der Waals surface area contributed by atoms with Gasteiger partial charge in [-0.15, -0.1) is 0 Å². The normalized spacial score (nSPS) is 11.2. The molecule has 0 heterocycles. The molecule has 0 bridgehead atoms. The third-order valence-corrected chi connectivity index (χ3v) is 5.23. The van der Waals surface area contributed by atoms with Crippen LogP contribution in [-0.4, -0.2) is 14.2 Å². The zero-order chi connectivity index (χ0) is 18.7. The third kappa shape index (κ3) is 3.97. The molecular formula is C20H16FNO3S. The van der Waals surface area contributed by atoms with Crippen molar-refractivity contribution in [3.8, 4) is 0 Å². The monoisotopic (exact) mass is 369 g/mol. The fourth-order valence-electron chi connectivity index (χ4n) is 2.39. The molecule has 3 rings (SSSR count). The van der Waals surface area contributed by atoms with Gasteiger partial charge in [0.15, 0.2) is 5.78 Å². The van der Waals surface area contributed by atoms with Gasteiger partial charge < -0.3 is 0 Å². The number of halogens is 1. The summed E-state index contributed by atoms with van der Waals surface area (Å²) in [4.78, 5) is 12.5. The standard InChI is InChI=1S/C20H16FNO3S/c1-14-2-12-19(13-3-14)26(24,25)22-18-10-6-16(7-11-18)20(23)15-4-8-17(21)9-5-15/h2-13,22H,1H3. The molecule has 0 aromatic heterocycles. The molecule has 0 spiro atoms. The topological polar surface area (TPSA) is 63.2 Å². The van der Waals surface area contributed by atoms with E-state index in [4.69, 9.17) is 0 Å². The van der Waals surface area contributed by atoms with Gasteiger partial charge in [-0.05, 0) is 67.6 Å². The summed E-state index contributed by atoms with van der Waals surface area (Å²) in [5.41, 5.74) is 2.06. The van der Waals surface area contributed by atoms with Crippen LogP contribution in [0.25, 0.3) is 0 Å². The second-order valence-corrected chi connectivity index (χ2v) is 7.51. The molecule has 0 atom stereocenters. The summed E-state index contributed by atoms with van der Waals surface area (Å²) < 4.78 is 40.2. The summed E-state index contributed by atoms with van der Waals surface area (Å²) in [6.45, 7) is 1.88. The predicted octanol–water partition coefficient (Wildman–Crippen LogP) is 4.17. The number of carbonyl (C=O) groups is 1. The zero-order valence-electron chi connectivity index (χ0n) is 13.9. The Balaban J connectivity index is 1.78. The Morgan fingerprint density at radius 2 is 1.31 bits per heavy atom. The number of hydrogen-bond acceptors (Lipinski definition) is 3. The second-order valence-electron chi connectivity index (χ2n) is 5.83. The Morgan fingerprint density at radius 3 is 1.85 bits per heavy atom. The Hall–Kier alpha value is -2.99. The number of carbonyl (C=O) groups excluding carboxylic acids is 1. The average molecular weight is 369 g/mol. The van der Waals surface area contributed by atoms with Crippen LogP contribution in [0, 0.1) is 12.7 Å². The zero-order valence-corrected chi connectivity index (χ0v) is 14.8. The number of hydrogen-bond donors (Lipinski definition) is 1. The summed E-state index contributed by atoms with van der Waals surface area (Å²) in [6.07, 6.45) is 0. The van der Waals surface area contributed by atoms with Gasteiger partial charge in [-0.2, -0.15) is 0 Å². The van der Waals surface area contributed by atoms with E-state index in [1.165, 1.54) is 60.7 Å². The van der Waals surface area contributed by atoms with Gasteiger partial charge in [0.2, 0.25) is 0 Å². The van der Waals surface area contributed by atoms with Crippen molar-refractivity contribution in [2.45, 2.75) is 11.8 Å². The lowest BCUT2D eigenvalue weighted by Gasteiger charge is -2.09. The van der Waals surface area contributed by atoms with Gasteiger partial charge >= 0.3 is 0 Å². The van der Waals surface area contributed by atoms with E-state index in [1.54, 1.807) is 12.1 Å². The predicted molar refractivity (Wildman–Crippen MR) is 98.3 cm³/mol. The number of sulfonamides is 1. The van der Waals surface area contributed by atoms with Gasteiger partial charge in [0.05, 0.1) is 4.90 Å². The van der Waals surface area contributed by atoms with E-state index in [9.17, 15) is 17.6 Å². The van der Waals surface area contributed by atoms with E-state index in [1.807, 2.05) is 6.92 Å². The summed E-state index contributed by atoms with van der Waals surface area (Å²) >= 11 is 0.